The van der Waals surface area contributed by atoms with Crippen LogP contribution in [0.2, 0.25) is 0 Å². The quantitative estimate of drug-likeness (QED) is 0.472. The number of pyridine rings is 1. The Hall–Kier alpha value is -1.79. The van der Waals surface area contributed by atoms with E-state index in [1.54, 1.807) is 7.11 Å². The summed E-state index contributed by atoms with van der Waals surface area (Å²) < 4.78 is 24.8. The van der Waals surface area contributed by atoms with Gasteiger partial charge in [-0.15, -0.1) is 0 Å². The number of ether oxygens (including phenoxy) is 4. The number of benzene rings is 1. The van der Waals surface area contributed by atoms with Crippen LogP contribution < -0.4 is 0 Å². The first-order valence-electron chi connectivity index (χ1n) is 11.4. The Labute approximate surface area is 184 Å². The van der Waals surface area contributed by atoms with E-state index in [0.29, 0.717) is 6.61 Å². The number of hydrogen-bond acceptors (Lipinski definition) is 5. The molecule has 0 radical (unpaired) electrons. The minimum Gasteiger partial charge on any atom is -0.378 e. The van der Waals surface area contributed by atoms with E-state index in [1.807, 2.05) is 18.2 Å². The summed E-state index contributed by atoms with van der Waals surface area (Å²) >= 11 is 0. The number of fused-ring (bicyclic) bond motifs is 1. The molecule has 3 fully saturated rings. The highest BCUT2D eigenvalue weighted by molar-refractivity contribution is 5.78. The zero-order chi connectivity index (χ0) is 21.6. The molecule has 0 amide bonds. The molecule has 2 aromatic rings. The summed E-state index contributed by atoms with van der Waals surface area (Å²) in [6.07, 6.45) is 5.28. The van der Waals surface area contributed by atoms with Gasteiger partial charge in [-0.25, -0.2) is 0 Å². The highest BCUT2D eigenvalue weighted by Crippen LogP contribution is 2.59. The number of hydrogen-bond donors (Lipinski definition) is 0. The normalized spacial score (nSPS) is 36.5. The number of nitrogens with zero attached hydrogens (tertiary/aromatic N) is 1. The Balaban J connectivity index is 1.31. The standard InChI is InChI=1S/C26H33NO4/c1-17(2)9-12-22-25(3,31-22)24-23(28-4)21(13-14-26(24)16-30-26)29-15-19-11-10-18-7-5-6-8-20(18)27-19/h5-11,21-24H,12-16H2,1-4H3. The molecule has 6 unspecified atom stereocenters. The summed E-state index contributed by atoms with van der Waals surface area (Å²) in [5.74, 6) is 0.170. The van der Waals surface area contributed by atoms with Crippen molar-refractivity contribution in [3.05, 3.63) is 53.7 Å². The van der Waals surface area contributed by atoms with E-state index in [2.05, 4.69) is 45.0 Å². The lowest BCUT2D eigenvalue weighted by atomic mass is 9.68. The van der Waals surface area contributed by atoms with Gasteiger partial charge >= 0.3 is 0 Å². The Morgan fingerprint density at radius 3 is 2.77 bits per heavy atom. The second-order valence-corrected chi connectivity index (χ2v) is 9.72. The van der Waals surface area contributed by atoms with Gasteiger partial charge in [0, 0.05) is 12.5 Å². The molecular weight excluding hydrogens is 390 g/mol. The fourth-order valence-electron chi connectivity index (χ4n) is 5.50. The molecule has 1 aromatic heterocycles. The zero-order valence-electron chi connectivity index (χ0n) is 19.0. The summed E-state index contributed by atoms with van der Waals surface area (Å²) in [7, 11) is 1.79. The smallest absolute Gasteiger partial charge is 0.101 e. The lowest BCUT2D eigenvalue weighted by Gasteiger charge is -2.43. The molecule has 5 heteroatoms. The predicted octanol–water partition coefficient (Wildman–Crippen LogP) is 4.83. The van der Waals surface area contributed by atoms with Crippen LogP contribution in [0.25, 0.3) is 10.9 Å². The summed E-state index contributed by atoms with van der Waals surface area (Å²) in [5, 5.41) is 1.15. The maximum Gasteiger partial charge on any atom is 0.101 e. The van der Waals surface area contributed by atoms with Crippen LogP contribution in [0, 0.1) is 5.92 Å². The Bertz CT molecular complexity index is 980. The van der Waals surface area contributed by atoms with Crippen LogP contribution in [0.1, 0.15) is 45.7 Å². The second-order valence-electron chi connectivity index (χ2n) is 9.72. The fraction of sp³-hybridized carbons (Fsp3) is 0.577. The number of allylic oxidation sites excluding steroid dienone is 1. The lowest BCUT2D eigenvalue weighted by Crippen LogP contribution is -2.55. The van der Waals surface area contributed by atoms with Crippen LogP contribution in [0.5, 0.6) is 0 Å². The van der Waals surface area contributed by atoms with Crippen LogP contribution in [-0.4, -0.2) is 48.2 Å². The minimum atomic E-state index is -0.230. The molecule has 6 atom stereocenters. The Kier molecular flexibility index (Phi) is 5.41. The van der Waals surface area contributed by atoms with E-state index in [0.717, 1.165) is 42.5 Å². The molecule has 0 N–H and O–H groups in total. The van der Waals surface area contributed by atoms with Crippen LogP contribution >= 0.6 is 0 Å². The maximum absolute atomic E-state index is 6.42. The van der Waals surface area contributed by atoms with Crippen molar-refractivity contribution < 1.29 is 18.9 Å². The number of epoxide rings is 2. The fourth-order valence-corrected chi connectivity index (χ4v) is 5.50. The van der Waals surface area contributed by atoms with Gasteiger partial charge < -0.3 is 18.9 Å². The van der Waals surface area contributed by atoms with Gasteiger partial charge in [-0.1, -0.05) is 35.9 Å². The molecule has 166 valence electrons. The molecule has 2 aliphatic heterocycles. The first-order chi connectivity index (χ1) is 14.9. The molecule has 1 spiro atoms. The van der Waals surface area contributed by atoms with E-state index in [9.17, 15) is 0 Å². The topological polar surface area (TPSA) is 56.4 Å². The van der Waals surface area contributed by atoms with E-state index in [1.165, 1.54) is 5.57 Å². The summed E-state index contributed by atoms with van der Waals surface area (Å²) in [6, 6.07) is 12.3. The van der Waals surface area contributed by atoms with Crippen LogP contribution in [0.4, 0.5) is 0 Å². The van der Waals surface area contributed by atoms with Gasteiger partial charge in [0.15, 0.2) is 0 Å². The molecule has 1 aromatic carbocycles. The Morgan fingerprint density at radius 1 is 1.23 bits per heavy atom. The number of aromatic nitrogens is 1. The third-order valence-electron chi connectivity index (χ3n) is 7.34. The van der Waals surface area contributed by atoms with Gasteiger partial charge in [-0.3, -0.25) is 4.98 Å². The molecule has 31 heavy (non-hydrogen) atoms. The van der Waals surface area contributed by atoms with Crippen LogP contribution in [0.15, 0.2) is 48.0 Å². The molecule has 1 saturated carbocycles. The van der Waals surface area contributed by atoms with E-state index >= 15 is 0 Å². The predicted molar refractivity (Wildman–Crippen MR) is 120 cm³/mol. The number of rotatable bonds is 7. The third-order valence-corrected chi connectivity index (χ3v) is 7.34. The molecule has 3 aliphatic rings. The van der Waals surface area contributed by atoms with Crippen molar-refractivity contribution in [1.82, 2.24) is 4.98 Å². The average molecular weight is 424 g/mol. The summed E-state index contributed by atoms with van der Waals surface area (Å²) in [6.45, 7) is 7.77. The van der Waals surface area contributed by atoms with Gasteiger partial charge in [0.1, 0.15) is 5.60 Å². The van der Waals surface area contributed by atoms with Crippen LogP contribution in [0.3, 0.4) is 0 Å². The van der Waals surface area contributed by atoms with E-state index in [-0.39, 0.29) is 35.4 Å². The van der Waals surface area contributed by atoms with E-state index in [4.69, 9.17) is 23.9 Å². The molecule has 2 saturated heterocycles. The number of methoxy groups -OCH3 is 1. The molecule has 1 aliphatic carbocycles. The molecular formula is C26H33NO4. The van der Waals surface area contributed by atoms with Crippen molar-refractivity contribution in [1.29, 1.82) is 0 Å². The maximum atomic E-state index is 6.42. The van der Waals surface area contributed by atoms with Gasteiger partial charge in [-0.05, 0) is 52.2 Å². The first-order valence-corrected chi connectivity index (χ1v) is 11.4. The van der Waals surface area contributed by atoms with E-state index < -0.39 is 0 Å². The zero-order valence-corrected chi connectivity index (χ0v) is 19.0. The lowest BCUT2D eigenvalue weighted by molar-refractivity contribution is -0.143. The van der Waals surface area contributed by atoms with Gasteiger partial charge in [0.2, 0.25) is 0 Å². The van der Waals surface area contributed by atoms with Gasteiger partial charge in [0.25, 0.3) is 0 Å². The summed E-state index contributed by atoms with van der Waals surface area (Å²) in [5.41, 5.74) is 2.93. The first kappa shape index (κ1) is 21.1. The molecule has 3 heterocycles. The second kappa shape index (κ2) is 7.96. The Morgan fingerprint density at radius 2 is 2.03 bits per heavy atom. The van der Waals surface area contributed by atoms with Crippen molar-refractivity contribution in [2.24, 2.45) is 5.92 Å². The monoisotopic (exact) mass is 423 g/mol. The van der Waals surface area contributed by atoms with Crippen LogP contribution in [-0.2, 0) is 25.6 Å². The SMILES string of the molecule is COC1C(OCc2ccc3ccccc3n2)CCC2(CO2)C1C1(C)OC1CC=C(C)C. The molecule has 0 bridgehead atoms. The van der Waals surface area contributed by atoms with Gasteiger partial charge in [0.05, 0.1) is 54.3 Å². The third kappa shape index (κ3) is 3.93. The highest BCUT2D eigenvalue weighted by atomic mass is 16.6. The van der Waals surface area contributed by atoms with Crippen molar-refractivity contribution in [2.75, 3.05) is 13.7 Å². The van der Waals surface area contributed by atoms with Crippen molar-refractivity contribution in [3.63, 3.8) is 0 Å². The summed E-state index contributed by atoms with van der Waals surface area (Å²) in [4.78, 5) is 4.76. The van der Waals surface area contributed by atoms with Crippen molar-refractivity contribution in [2.45, 2.75) is 76.2 Å². The molecule has 5 rings (SSSR count). The average Bonchev–Trinajstić information content (AvgIpc) is 3.68. The highest BCUT2D eigenvalue weighted by Gasteiger charge is 2.71. The minimum absolute atomic E-state index is 0.00298. The van der Waals surface area contributed by atoms with Gasteiger partial charge in [-0.2, -0.15) is 0 Å². The van der Waals surface area contributed by atoms with Crippen molar-refractivity contribution in [3.8, 4) is 0 Å². The number of para-hydroxylation sites is 1. The largest absolute Gasteiger partial charge is 0.378 e. The molecule has 5 nitrogen and oxygen atoms in total. The van der Waals surface area contributed by atoms with Crippen molar-refractivity contribution >= 4 is 10.9 Å².